The normalized spacial score (nSPS) is 10.9. The number of carbonyl (C=O) groups excluding carboxylic acids is 1. The zero-order valence-corrected chi connectivity index (χ0v) is 14.0. The lowest BCUT2D eigenvalue weighted by Gasteiger charge is -2.04. The average Bonchev–Trinajstić information content (AvgIpc) is 2.84. The number of carbonyl (C=O) groups is 1. The Labute approximate surface area is 137 Å². The number of anilines is 1. The van der Waals surface area contributed by atoms with Crippen LogP contribution < -0.4 is 5.32 Å². The van der Waals surface area contributed by atoms with Crippen LogP contribution >= 0.6 is 15.9 Å². The highest BCUT2D eigenvalue weighted by Crippen LogP contribution is 2.27. The monoisotopic (exact) mass is 357 g/mol. The number of halogens is 1. The van der Waals surface area contributed by atoms with Crippen molar-refractivity contribution in [2.75, 3.05) is 5.32 Å². The van der Waals surface area contributed by atoms with Crippen molar-refractivity contribution >= 4 is 38.5 Å². The molecule has 0 aliphatic heterocycles. The second-order valence-corrected chi connectivity index (χ2v) is 6.12. The fourth-order valence-electron chi connectivity index (χ4n) is 2.46. The molecule has 0 bridgehead atoms. The van der Waals surface area contributed by atoms with Crippen LogP contribution in [0.4, 0.5) is 5.69 Å². The molecule has 0 spiro atoms. The van der Waals surface area contributed by atoms with E-state index in [1.807, 2.05) is 43.3 Å². The third kappa shape index (κ3) is 2.79. The molecule has 1 amide bonds. The van der Waals surface area contributed by atoms with Gasteiger partial charge in [-0.2, -0.15) is 0 Å². The fraction of sp³-hybridized carbons (Fsp3) is 0.167. The Morgan fingerprint density at radius 1 is 1.23 bits per heavy atom. The van der Waals surface area contributed by atoms with E-state index >= 15 is 0 Å². The summed E-state index contributed by atoms with van der Waals surface area (Å²) in [4.78, 5) is 12.5. The highest BCUT2D eigenvalue weighted by Gasteiger charge is 2.18. The third-order valence-electron chi connectivity index (χ3n) is 3.70. The Morgan fingerprint density at radius 2 is 2.05 bits per heavy atom. The van der Waals surface area contributed by atoms with E-state index in [1.54, 1.807) is 0 Å². The summed E-state index contributed by atoms with van der Waals surface area (Å²) in [5, 5.41) is 3.87. The fourth-order valence-corrected chi connectivity index (χ4v) is 2.86. The summed E-state index contributed by atoms with van der Waals surface area (Å²) in [6.45, 7) is 4.03. The van der Waals surface area contributed by atoms with Crippen LogP contribution in [-0.4, -0.2) is 5.91 Å². The average molecular weight is 358 g/mol. The molecule has 3 nitrogen and oxygen atoms in total. The van der Waals surface area contributed by atoms with Gasteiger partial charge in [-0.1, -0.05) is 35.0 Å². The van der Waals surface area contributed by atoms with E-state index < -0.39 is 0 Å². The minimum Gasteiger partial charge on any atom is -0.451 e. The molecule has 0 saturated heterocycles. The number of rotatable bonds is 3. The van der Waals surface area contributed by atoms with Crippen LogP contribution in [0.5, 0.6) is 0 Å². The van der Waals surface area contributed by atoms with Gasteiger partial charge in [0, 0.05) is 21.1 Å². The van der Waals surface area contributed by atoms with Gasteiger partial charge in [0.05, 0.1) is 0 Å². The molecule has 0 atom stereocenters. The maximum Gasteiger partial charge on any atom is 0.291 e. The summed E-state index contributed by atoms with van der Waals surface area (Å²) >= 11 is 3.39. The molecule has 0 aliphatic carbocycles. The molecule has 2 aromatic carbocycles. The number of benzene rings is 2. The van der Waals surface area contributed by atoms with Gasteiger partial charge in [0.15, 0.2) is 5.76 Å². The minimum absolute atomic E-state index is 0.232. The first-order chi connectivity index (χ1) is 10.6. The van der Waals surface area contributed by atoms with Crippen LogP contribution in [0.15, 0.2) is 51.4 Å². The number of nitrogens with one attached hydrogen (secondary N) is 1. The van der Waals surface area contributed by atoms with Gasteiger partial charge < -0.3 is 9.73 Å². The summed E-state index contributed by atoms with van der Waals surface area (Å²) in [5.41, 5.74) is 3.58. The number of hydrogen-bond acceptors (Lipinski definition) is 2. The molecule has 0 fully saturated rings. The molecule has 22 heavy (non-hydrogen) atoms. The number of hydrogen-bond donors (Lipinski definition) is 1. The first-order valence-electron chi connectivity index (χ1n) is 7.17. The molecule has 3 aromatic rings. The molecule has 1 N–H and O–H groups in total. The van der Waals surface area contributed by atoms with Crippen LogP contribution in [0.25, 0.3) is 11.0 Å². The summed E-state index contributed by atoms with van der Waals surface area (Å²) in [6, 6.07) is 13.5. The summed E-state index contributed by atoms with van der Waals surface area (Å²) < 4.78 is 6.65. The van der Waals surface area contributed by atoms with Gasteiger partial charge in [-0.15, -0.1) is 0 Å². The summed E-state index contributed by atoms with van der Waals surface area (Å²) in [7, 11) is 0. The Hall–Kier alpha value is -2.07. The lowest BCUT2D eigenvalue weighted by molar-refractivity contribution is 0.0998. The number of aryl methyl sites for hydroxylation is 2. The largest absolute Gasteiger partial charge is 0.451 e. The minimum atomic E-state index is -0.232. The van der Waals surface area contributed by atoms with Crippen molar-refractivity contribution in [3.63, 3.8) is 0 Å². The van der Waals surface area contributed by atoms with Crippen molar-refractivity contribution in [1.29, 1.82) is 0 Å². The van der Waals surface area contributed by atoms with E-state index in [0.717, 1.165) is 33.1 Å². The van der Waals surface area contributed by atoms with Crippen molar-refractivity contribution in [1.82, 2.24) is 0 Å². The Bertz CT molecular complexity index is 851. The van der Waals surface area contributed by atoms with Crippen molar-refractivity contribution in [3.8, 4) is 0 Å². The van der Waals surface area contributed by atoms with Crippen molar-refractivity contribution in [2.45, 2.75) is 20.3 Å². The van der Waals surface area contributed by atoms with E-state index in [2.05, 4.69) is 34.2 Å². The van der Waals surface area contributed by atoms with Crippen LogP contribution in [-0.2, 0) is 6.42 Å². The van der Waals surface area contributed by atoms with Gasteiger partial charge in [-0.3, -0.25) is 4.79 Å². The molecule has 4 heteroatoms. The second-order valence-electron chi connectivity index (χ2n) is 5.20. The zero-order valence-electron chi connectivity index (χ0n) is 12.4. The number of amides is 1. The number of furan rings is 1. The van der Waals surface area contributed by atoms with Crippen LogP contribution in [0.2, 0.25) is 0 Å². The van der Waals surface area contributed by atoms with Gasteiger partial charge in [0.25, 0.3) is 5.91 Å². The number of fused-ring (bicyclic) bond motifs is 1. The SMILES string of the molecule is CCc1ccc2oc(C(=O)Nc3cccc(Br)c3)c(C)c2c1. The highest BCUT2D eigenvalue weighted by atomic mass is 79.9. The predicted molar refractivity (Wildman–Crippen MR) is 92.4 cm³/mol. The molecule has 112 valence electrons. The highest BCUT2D eigenvalue weighted by molar-refractivity contribution is 9.10. The first kappa shape index (κ1) is 14.9. The Morgan fingerprint density at radius 3 is 2.77 bits per heavy atom. The summed E-state index contributed by atoms with van der Waals surface area (Å²) in [5.74, 6) is 0.132. The quantitative estimate of drug-likeness (QED) is 0.689. The van der Waals surface area contributed by atoms with Gasteiger partial charge in [-0.05, 0) is 49.2 Å². The van der Waals surface area contributed by atoms with Crippen molar-refractivity contribution in [3.05, 3.63) is 63.8 Å². The lowest BCUT2D eigenvalue weighted by Crippen LogP contribution is -2.11. The third-order valence-corrected chi connectivity index (χ3v) is 4.19. The van der Waals surface area contributed by atoms with Gasteiger partial charge in [0.2, 0.25) is 0 Å². The van der Waals surface area contributed by atoms with Gasteiger partial charge >= 0.3 is 0 Å². The Balaban J connectivity index is 1.95. The molecular formula is C18H16BrNO2. The van der Waals surface area contributed by atoms with E-state index in [1.165, 1.54) is 5.56 Å². The smallest absolute Gasteiger partial charge is 0.291 e. The van der Waals surface area contributed by atoms with Crippen molar-refractivity contribution < 1.29 is 9.21 Å². The summed E-state index contributed by atoms with van der Waals surface area (Å²) in [6.07, 6.45) is 0.958. The Kier molecular flexibility index (Phi) is 4.03. The van der Waals surface area contributed by atoms with Gasteiger partial charge in [-0.25, -0.2) is 0 Å². The molecule has 3 rings (SSSR count). The standard InChI is InChI=1S/C18H16BrNO2/c1-3-12-7-8-16-15(9-12)11(2)17(22-16)18(21)20-14-6-4-5-13(19)10-14/h4-10H,3H2,1-2H3,(H,20,21). The lowest BCUT2D eigenvalue weighted by atomic mass is 10.1. The van der Waals surface area contributed by atoms with Crippen LogP contribution in [0.1, 0.15) is 28.6 Å². The topological polar surface area (TPSA) is 42.2 Å². The molecule has 0 radical (unpaired) electrons. The maximum atomic E-state index is 12.5. The van der Waals surface area contributed by atoms with E-state index in [0.29, 0.717) is 5.76 Å². The predicted octanol–water partition coefficient (Wildman–Crippen LogP) is 5.32. The van der Waals surface area contributed by atoms with E-state index in [9.17, 15) is 4.79 Å². The van der Waals surface area contributed by atoms with E-state index in [-0.39, 0.29) is 5.91 Å². The molecular weight excluding hydrogens is 342 g/mol. The first-order valence-corrected chi connectivity index (χ1v) is 7.96. The van der Waals surface area contributed by atoms with Gasteiger partial charge in [0.1, 0.15) is 5.58 Å². The van der Waals surface area contributed by atoms with Crippen LogP contribution in [0, 0.1) is 6.92 Å². The van der Waals surface area contributed by atoms with Crippen LogP contribution in [0.3, 0.4) is 0 Å². The second kappa shape index (κ2) is 5.97. The molecule has 0 unspecified atom stereocenters. The molecule has 0 aliphatic rings. The zero-order chi connectivity index (χ0) is 15.7. The van der Waals surface area contributed by atoms with E-state index in [4.69, 9.17) is 4.42 Å². The maximum absolute atomic E-state index is 12.5. The molecule has 0 saturated carbocycles. The molecule has 1 heterocycles. The van der Waals surface area contributed by atoms with Crippen molar-refractivity contribution in [2.24, 2.45) is 0 Å². The molecule has 1 aromatic heterocycles.